The summed E-state index contributed by atoms with van der Waals surface area (Å²) >= 11 is 0. The Balaban J connectivity index is 2.61. The first kappa shape index (κ1) is 10.2. The van der Waals surface area contributed by atoms with Gasteiger partial charge in [-0.25, -0.2) is 5.21 Å². The summed E-state index contributed by atoms with van der Waals surface area (Å²) in [5.41, 5.74) is 1.31. The number of hydrogen-bond acceptors (Lipinski definition) is 2. The summed E-state index contributed by atoms with van der Waals surface area (Å²) in [4.78, 5) is 0. The van der Waals surface area contributed by atoms with Crippen molar-refractivity contribution in [3.05, 3.63) is 35.7 Å². The molecular weight excluding hydrogens is 192 g/mol. The van der Waals surface area contributed by atoms with Crippen molar-refractivity contribution in [2.45, 2.75) is 19.9 Å². The van der Waals surface area contributed by atoms with Crippen LogP contribution in [0.25, 0.3) is 10.9 Å². The number of rotatable bonds is 2. The van der Waals surface area contributed by atoms with Gasteiger partial charge in [0.1, 0.15) is 0 Å². The molecule has 4 heteroatoms. The second-order valence-corrected chi connectivity index (χ2v) is 3.90. The maximum Gasteiger partial charge on any atom is 0.165 e. The lowest BCUT2D eigenvalue weighted by atomic mass is 10.2. The second-order valence-electron chi connectivity index (χ2n) is 3.90. The molecule has 2 rings (SSSR count). The number of hydrogen-bond donors (Lipinski definition) is 2. The zero-order chi connectivity index (χ0) is 11.0. The Bertz CT molecular complexity index is 474. The van der Waals surface area contributed by atoms with E-state index in [1.54, 1.807) is 12.1 Å². The zero-order valence-corrected chi connectivity index (χ0v) is 8.77. The molecule has 0 saturated carbocycles. The fraction of sp³-hybridized carbons (Fsp3) is 0.273. The average molecular weight is 206 g/mol. The van der Waals surface area contributed by atoms with E-state index in [0.29, 0.717) is 11.7 Å². The summed E-state index contributed by atoms with van der Waals surface area (Å²) in [6.45, 7) is 4.15. The number of benzene rings is 1. The molecule has 0 bridgehead atoms. The van der Waals surface area contributed by atoms with Crippen LogP contribution in [0.15, 0.2) is 30.5 Å². The van der Waals surface area contributed by atoms with Crippen LogP contribution in [-0.2, 0) is 0 Å². The van der Waals surface area contributed by atoms with Gasteiger partial charge in [0.25, 0.3) is 0 Å². The molecule has 1 unspecified atom stereocenters. The summed E-state index contributed by atoms with van der Waals surface area (Å²) in [6.07, 6.45) is 1.99. The van der Waals surface area contributed by atoms with Gasteiger partial charge in [0, 0.05) is 29.8 Å². The third-order valence-electron chi connectivity index (χ3n) is 2.53. The monoisotopic (exact) mass is 206 g/mol. The van der Waals surface area contributed by atoms with E-state index in [9.17, 15) is 5.21 Å². The van der Waals surface area contributed by atoms with Crippen molar-refractivity contribution in [3.63, 3.8) is 0 Å². The number of quaternary nitrogens is 1. The molecule has 80 valence electrons. The number of nitrogens with one attached hydrogen (secondary N) is 1. The van der Waals surface area contributed by atoms with Crippen molar-refractivity contribution in [2.24, 2.45) is 0 Å². The average Bonchev–Trinajstić information content (AvgIpc) is 2.59. The Morgan fingerprint density at radius 1 is 1.33 bits per heavy atom. The van der Waals surface area contributed by atoms with Gasteiger partial charge >= 0.3 is 0 Å². The van der Waals surface area contributed by atoms with Crippen molar-refractivity contribution in [2.75, 3.05) is 0 Å². The predicted molar refractivity (Wildman–Crippen MR) is 58.1 cm³/mol. The Kier molecular flexibility index (Phi) is 2.48. The van der Waals surface area contributed by atoms with Crippen LogP contribution in [0.4, 0.5) is 5.69 Å². The maximum absolute atomic E-state index is 10.8. The Morgan fingerprint density at radius 2 is 2.07 bits per heavy atom. The third kappa shape index (κ3) is 1.74. The summed E-state index contributed by atoms with van der Waals surface area (Å²) in [5.74, 6) is 0. The predicted octanol–water partition coefficient (Wildman–Crippen LogP) is 1.63. The summed E-state index contributed by atoms with van der Waals surface area (Å²) in [5, 5.41) is 19.9. The number of fused-ring (bicyclic) bond motifs is 1. The van der Waals surface area contributed by atoms with Crippen molar-refractivity contribution in [1.82, 2.24) is 4.57 Å². The molecule has 1 aromatic heterocycles. The largest absolute Gasteiger partial charge is 0.595 e. The second kappa shape index (κ2) is 3.66. The normalized spacial score (nSPS) is 13.7. The van der Waals surface area contributed by atoms with Crippen LogP contribution in [0, 0.1) is 5.21 Å². The molecule has 0 fully saturated rings. The first-order chi connectivity index (χ1) is 7.09. The lowest BCUT2D eigenvalue weighted by molar-refractivity contribution is -0.991. The van der Waals surface area contributed by atoms with E-state index in [2.05, 4.69) is 18.4 Å². The van der Waals surface area contributed by atoms with E-state index >= 15 is 0 Å². The van der Waals surface area contributed by atoms with E-state index in [1.165, 1.54) is 0 Å². The van der Waals surface area contributed by atoms with E-state index in [0.717, 1.165) is 10.9 Å². The van der Waals surface area contributed by atoms with E-state index in [-0.39, 0.29) is 0 Å². The fourth-order valence-electron chi connectivity index (χ4n) is 1.73. The number of nitrogens with zero attached hydrogens (tertiary/aromatic N) is 1. The van der Waals surface area contributed by atoms with Crippen LogP contribution >= 0.6 is 0 Å². The molecule has 0 amide bonds. The van der Waals surface area contributed by atoms with Crippen molar-refractivity contribution >= 4 is 16.6 Å². The van der Waals surface area contributed by atoms with Gasteiger partial charge in [-0.2, -0.15) is 5.23 Å². The van der Waals surface area contributed by atoms with Crippen LogP contribution in [0.3, 0.4) is 0 Å². The molecule has 0 radical (unpaired) electrons. The van der Waals surface area contributed by atoms with Gasteiger partial charge in [-0.1, -0.05) is 0 Å². The molecule has 1 heterocycles. The van der Waals surface area contributed by atoms with Gasteiger partial charge in [-0.05, 0) is 26.0 Å². The first-order valence-corrected chi connectivity index (χ1v) is 4.93. The van der Waals surface area contributed by atoms with Gasteiger partial charge < -0.3 is 9.77 Å². The standard InChI is InChI=1S/C11H14N2O2/c1-8(2)12-6-5-9-3-4-10(13(14)15)7-11(9)12/h3-8,13-14H,1-2H3. The molecule has 0 aliphatic heterocycles. The maximum atomic E-state index is 10.8. The van der Waals surface area contributed by atoms with Gasteiger partial charge in [-0.15, -0.1) is 0 Å². The lowest BCUT2D eigenvalue weighted by Gasteiger charge is -2.13. The minimum atomic E-state index is -0.881. The minimum absolute atomic E-state index is 0.336. The molecule has 4 nitrogen and oxygen atoms in total. The highest BCUT2D eigenvalue weighted by Gasteiger charge is 2.07. The molecule has 2 aromatic rings. The topological polar surface area (TPSA) is 52.7 Å². The molecule has 0 aliphatic rings. The Labute approximate surface area is 87.9 Å². The van der Waals surface area contributed by atoms with E-state index < -0.39 is 5.23 Å². The highest BCUT2D eigenvalue weighted by atomic mass is 16.8. The summed E-state index contributed by atoms with van der Waals surface area (Å²) in [7, 11) is 0. The molecular formula is C11H14N2O2. The summed E-state index contributed by atoms with van der Waals surface area (Å²) < 4.78 is 2.07. The molecule has 1 atom stereocenters. The SMILES string of the molecule is CC(C)n1ccc2ccc([NH+]([O-])O)cc21. The summed E-state index contributed by atoms with van der Waals surface area (Å²) in [6, 6.07) is 7.54. The molecule has 0 saturated heterocycles. The van der Waals surface area contributed by atoms with Crippen molar-refractivity contribution in [3.8, 4) is 0 Å². The first-order valence-electron chi connectivity index (χ1n) is 4.93. The molecule has 1 aromatic carbocycles. The van der Waals surface area contributed by atoms with E-state index in [1.807, 2.05) is 18.3 Å². The van der Waals surface area contributed by atoms with Crippen molar-refractivity contribution < 1.29 is 10.4 Å². The molecule has 2 N–H and O–H groups in total. The van der Waals surface area contributed by atoms with Crippen LogP contribution in [0.5, 0.6) is 0 Å². The van der Waals surface area contributed by atoms with Crippen LogP contribution in [-0.4, -0.2) is 9.77 Å². The van der Waals surface area contributed by atoms with Gasteiger partial charge in [0.15, 0.2) is 5.69 Å². The minimum Gasteiger partial charge on any atom is -0.595 e. The van der Waals surface area contributed by atoms with Crippen LogP contribution in [0.1, 0.15) is 19.9 Å². The Morgan fingerprint density at radius 3 is 2.67 bits per heavy atom. The molecule has 0 aliphatic carbocycles. The van der Waals surface area contributed by atoms with Gasteiger partial charge in [-0.3, -0.25) is 0 Å². The fourth-order valence-corrected chi connectivity index (χ4v) is 1.73. The molecule has 15 heavy (non-hydrogen) atoms. The highest BCUT2D eigenvalue weighted by molar-refractivity contribution is 5.82. The highest BCUT2D eigenvalue weighted by Crippen LogP contribution is 2.21. The van der Waals surface area contributed by atoms with E-state index in [4.69, 9.17) is 5.21 Å². The van der Waals surface area contributed by atoms with Gasteiger partial charge in [0.2, 0.25) is 0 Å². The van der Waals surface area contributed by atoms with Crippen molar-refractivity contribution in [1.29, 1.82) is 0 Å². The zero-order valence-electron chi connectivity index (χ0n) is 8.77. The van der Waals surface area contributed by atoms with Gasteiger partial charge in [0.05, 0.1) is 5.52 Å². The third-order valence-corrected chi connectivity index (χ3v) is 2.53. The Hall–Kier alpha value is -1.36. The number of aromatic nitrogens is 1. The lowest BCUT2D eigenvalue weighted by Crippen LogP contribution is -2.99. The smallest absolute Gasteiger partial charge is 0.165 e. The molecule has 0 spiro atoms. The quantitative estimate of drug-likeness (QED) is 0.734. The van der Waals surface area contributed by atoms with Crippen LogP contribution < -0.4 is 5.23 Å². The van der Waals surface area contributed by atoms with Crippen LogP contribution in [0.2, 0.25) is 0 Å².